The molecule has 3 rings (SSSR count). The fraction of sp³-hybridized carbons (Fsp3) is 0.0870. The molecule has 7 heteroatoms. The third kappa shape index (κ3) is 5.02. The molecule has 0 bridgehead atoms. The standard InChI is InChI=1S/C23H19NO6/c1-3-12-24-22(26)19-13-16-7-10-18(14-20(16)30-23(19)27)29-21(25)11-6-15-4-8-17(28-2)9-5-15/h3-11,13-14H,1,12H2,2H3,(H,24,26)/b11-6+. The number of methoxy groups -OCH3 is 1. The highest BCUT2D eigenvalue weighted by Gasteiger charge is 2.13. The second-order valence-electron chi connectivity index (χ2n) is 6.17. The Morgan fingerprint density at radius 1 is 1.10 bits per heavy atom. The molecule has 1 aromatic heterocycles. The van der Waals surface area contributed by atoms with Crippen molar-refractivity contribution in [3.63, 3.8) is 0 Å². The normalized spacial score (nSPS) is 10.7. The van der Waals surface area contributed by atoms with E-state index in [1.54, 1.807) is 49.6 Å². The van der Waals surface area contributed by atoms with Crippen molar-refractivity contribution in [3.05, 3.63) is 88.8 Å². The first-order valence-electron chi connectivity index (χ1n) is 9.01. The summed E-state index contributed by atoms with van der Waals surface area (Å²) in [4.78, 5) is 36.2. The first-order chi connectivity index (χ1) is 14.5. The molecule has 0 fully saturated rings. The molecule has 152 valence electrons. The monoisotopic (exact) mass is 405 g/mol. The van der Waals surface area contributed by atoms with Gasteiger partial charge in [0.2, 0.25) is 0 Å². The average Bonchev–Trinajstić information content (AvgIpc) is 2.75. The van der Waals surface area contributed by atoms with Crippen molar-refractivity contribution in [1.29, 1.82) is 0 Å². The molecule has 1 heterocycles. The van der Waals surface area contributed by atoms with Gasteiger partial charge >= 0.3 is 11.6 Å². The molecule has 1 amide bonds. The van der Waals surface area contributed by atoms with Crippen LogP contribution in [0.1, 0.15) is 15.9 Å². The van der Waals surface area contributed by atoms with Gasteiger partial charge in [0.15, 0.2) is 0 Å². The summed E-state index contributed by atoms with van der Waals surface area (Å²) in [5, 5.41) is 3.04. The number of esters is 1. The van der Waals surface area contributed by atoms with Crippen LogP contribution in [0.4, 0.5) is 0 Å². The number of nitrogens with one attached hydrogen (secondary N) is 1. The van der Waals surface area contributed by atoms with Crippen LogP contribution in [-0.2, 0) is 4.79 Å². The number of fused-ring (bicyclic) bond motifs is 1. The zero-order valence-electron chi connectivity index (χ0n) is 16.2. The summed E-state index contributed by atoms with van der Waals surface area (Å²) < 4.78 is 15.5. The Hall–Kier alpha value is -4.13. The molecule has 1 N–H and O–H groups in total. The van der Waals surface area contributed by atoms with E-state index in [9.17, 15) is 14.4 Å². The molecule has 0 saturated carbocycles. The van der Waals surface area contributed by atoms with Gasteiger partial charge in [0, 0.05) is 24.1 Å². The smallest absolute Gasteiger partial charge is 0.349 e. The number of amides is 1. The fourth-order valence-corrected chi connectivity index (χ4v) is 2.60. The van der Waals surface area contributed by atoms with Gasteiger partial charge in [0.25, 0.3) is 5.91 Å². The van der Waals surface area contributed by atoms with Gasteiger partial charge in [0.05, 0.1) is 7.11 Å². The number of hydrogen-bond acceptors (Lipinski definition) is 6. The van der Waals surface area contributed by atoms with Gasteiger partial charge in [-0.05, 0) is 42.0 Å². The van der Waals surface area contributed by atoms with Crippen molar-refractivity contribution in [2.24, 2.45) is 0 Å². The zero-order chi connectivity index (χ0) is 21.5. The third-order valence-electron chi connectivity index (χ3n) is 4.11. The lowest BCUT2D eigenvalue weighted by Crippen LogP contribution is -2.28. The van der Waals surface area contributed by atoms with Crippen LogP contribution in [0.25, 0.3) is 17.0 Å². The average molecular weight is 405 g/mol. The lowest BCUT2D eigenvalue weighted by molar-refractivity contribution is -0.128. The molecule has 0 aliphatic heterocycles. The highest BCUT2D eigenvalue weighted by Crippen LogP contribution is 2.21. The Kier molecular flexibility index (Phi) is 6.44. The number of carbonyl (C=O) groups is 2. The minimum atomic E-state index is -0.785. The topological polar surface area (TPSA) is 94.8 Å². The van der Waals surface area contributed by atoms with E-state index in [-0.39, 0.29) is 23.4 Å². The second-order valence-corrected chi connectivity index (χ2v) is 6.17. The van der Waals surface area contributed by atoms with E-state index in [0.29, 0.717) is 11.1 Å². The quantitative estimate of drug-likeness (QED) is 0.213. The molecule has 0 aliphatic rings. The van der Waals surface area contributed by atoms with E-state index in [1.165, 1.54) is 24.3 Å². The van der Waals surface area contributed by atoms with E-state index in [2.05, 4.69) is 11.9 Å². The van der Waals surface area contributed by atoms with Crippen molar-refractivity contribution in [2.75, 3.05) is 13.7 Å². The van der Waals surface area contributed by atoms with Crippen molar-refractivity contribution in [2.45, 2.75) is 0 Å². The van der Waals surface area contributed by atoms with Gasteiger partial charge in [-0.1, -0.05) is 18.2 Å². The molecule has 30 heavy (non-hydrogen) atoms. The number of benzene rings is 2. The highest BCUT2D eigenvalue weighted by atomic mass is 16.5. The SMILES string of the molecule is C=CCNC(=O)c1cc2ccc(OC(=O)/C=C/c3ccc(OC)cc3)cc2oc1=O. The maximum atomic E-state index is 12.1. The van der Waals surface area contributed by atoms with Crippen LogP contribution in [0.2, 0.25) is 0 Å². The first kappa shape index (κ1) is 20.6. The molecule has 0 saturated heterocycles. The van der Waals surface area contributed by atoms with Crippen molar-refractivity contribution < 1.29 is 23.5 Å². The van der Waals surface area contributed by atoms with Crippen molar-refractivity contribution >= 4 is 28.9 Å². The summed E-state index contributed by atoms with van der Waals surface area (Å²) in [5.74, 6) is -0.217. The Labute approximate surface area is 172 Å². The van der Waals surface area contributed by atoms with Crippen LogP contribution in [-0.4, -0.2) is 25.5 Å². The Balaban J connectivity index is 1.74. The van der Waals surface area contributed by atoms with Gasteiger partial charge < -0.3 is 19.2 Å². The highest BCUT2D eigenvalue weighted by molar-refractivity contribution is 5.97. The zero-order valence-corrected chi connectivity index (χ0v) is 16.2. The molecule has 7 nitrogen and oxygen atoms in total. The maximum absolute atomic E-state index is 12.1. The lowest BCUT2D eigenvalue weighted by atomic mass is 10.1. The molecule has 0 unspecified atom stereocenters. The van der Waals surface area contributed by atoms with E-state index >= 15 is 0 Å². The minimum absolute atomic E-state index is 0.114. The molecule has 2 aromatic carbocycles. The Morgan fingerprint density at radius 2 is 1.83 bits per heavy atom. The third-order valence-corrected chi connectivity index (χ3v) is 4.11. The second kappa shape index (κ2) is 9.38. The van der Waals surface area contributed by atoms with E-state index < -0.39 is 17.5 Å². The van der Waals surface area contributed by atoms with Crippen molar-refractivity contribution in [3.8, 4) is 11.5 Å². The van der Waals surface area contributed by atoms with Gasteiger partial charge in [0.1, 0.15) is 22.6 Å². The van der Waals surface area contributed by atoms with Crippen LogP contribution >= 0.6 is 0 Å². The van der Waals surface area contributed by atoms with E-state index in [4.69, 9.17) is 13.9 Å². The number of carbonyl (C=O) groups excluding carboxylic acids is 2. The summed E-state index contributed by atoms with van der Waals surface area (Å²) in [6, 6.07) is 13.2. The number of ether oxygens (including phenoxy) is 2. The molecule has 0 spiro atoms. The molecular weight excluding hydrogens is 386 g/mol. The van der Waals surface area contributed by atoms with E-state index in [0.717, 1.165) is 5.56 Å². The predicted octanol–water partition coefficient (Wildman–Crippen LogP) is 3.34. The van der Waals surface area contributed by atoms with Crippen LogP contribution < -0.4 is 20.4 Å². The molecular formula is C23H19NO6. The van der Waals surface area contributed by atoms with Crippen LogP contribution in [0, 0.1) is 0 Å². The largest absolute Gasteiger partial charge is 0.497 e. The van der Waals surface area contributed by atoms with Gasteiger partial charge in [-0.25, -0.2) is 9.59 Å². The van der Waals surface area contributed by atoms with Gasteiger partial charge in [-0.15, -0.1) is 6.58 Å². The Bertz CT molecular complexity index is 1170. The number of rotatable bonds is 7. The molecule has 0 aliphatic carbocycles. The Morgan fingerprint density at radius 3 is 2.53 bits per heavy atom. The van der Waals surface area contributed by atoms with Crippen molar-refractivity contribution in [1.82, 2.24) is 5.32 Å². The minimum Gasteiger partial charge on any atom is -0.497 e. The molecule has 0 atom stereocenters. The summed E-state index contributed by atoms with van der Waals surface area (Å²) in [7, 11) is 1.58. The maximum Gasteiger partial charge on any atom is 0.349 e. The predicted molar refractivity (Wildman–Crippen MR) is 113 cm³/mol. The van der Waals surface area contributed by atoms with E-state index in [1.807, 2.05) is 0 Å². The van der Waals surface area contributed by atoms with Gasteiger partial charge in [-0.2, -0.15) is 0 Å². The fourth-order valence-electron chi connectivity index (χ4n) is 2.60. The lowest BCUT2D eigenvalue weighted by Gasteiger charge is -2.05. The summed E-state index contributed by atoms with van der Waals surface area (Å²) in [5.41, 5.74) is 0.104. The summed E-state index contributed by atoms with van der Waals surface area (Å²) in [6.07, 6.45) is 4.40. The van der Waals surface area contributed by atoms with Gasteiger partial charge in [-0.3, -0.25) is 4.79 Å². The summed E-state index contributed by atoms with van der Waals surface area (Å²) >= 11 is 0. The summed E-state index contributed by atoms with van der Waals surface area (Å²) in [6.45, 7) is 3.73. The van der Waals surface area contributed by atoms with Crippen LogP contribution in [0.5, 0.6) is 11.5 Å². The van der Waals surface area contributed by atoms with Crippen LogP contribution in [0.15, 0.2) is 76.5 Å². The first-order valence-corrected chi connectivity index (χ1v) is 9.01. The molecule has 0 radical (unpaired) electrons. The molecule has 3 aromatic rings. The number of hydrogen-bond donors (Lipinski definition) is 1. The van der Waals surface area contributed by atoms with Crippen LogP contribution in [0.3, 0.4) is 0 Å².